The van der Waals surface area contributed by atoms with Crippen LogP contribution in [0.2, 0.25) is 5.02 Å². The Kier molecular flexibility index (Phi) is 4.49. The van der Waals surface area contributed by atoms with E-state index in [-0.39, 0.29) is 17.9 Å². The van der Waals surface area contributed by atoms with E-state index in [9.17, 15) is 9.90 Å². The number of nitrogen functional groups attached to an aromatic ring is 1. The lowest BCUT2D eigenvalue weighted by Gasteiger charge is -2.40. The number of nitrogens with two attached hydrogens (primary N) is 1. The number of rotatable bonds is 3. The predicted molar refractivity (Wildman–Crippen MR) is 85.4 cm³/mol. The molecule has 0 aromatic heterocycles. The fraction of sp³-hybridized carbons (Fsp3) is 0.562. The maximum Gasteiger partial charge on any atom is 0.252 e. The Bertz CT molecular complexity index is 533. The molecule has 1 aliphatic carbocycles. The van der Waals surface area contributed by atoms with Gasteiger partial charge in [-0.1, -0.05) is 25.4 Å². The second-order valence-corrected chi connectivity index (χ2v) is 7.22. The van der Waals surface area contributed by atoms with Crippen molar-refractivity contribution in [3.8, 4) is 0 Å². The molecule has 0 bridgehead atoms. The summed E-state index contributed by atoms with van der Waals surface area (Å²) in [6, 6.07) is 4.80. The van der Waals surface area contributed by atoms with Crippen LogP contribution in [0, 0.1) is 5.41 Å². The summed E-state index contributed by atoms with van der Waals surface area (Å²) in [5.74, 6) is -0.300. The Morgan fingerprint density at radius 3 is 2.57 bits per heavy atom. The first-order valence-corrected chi connectivity index (χ1v) is 7.64. The molecule has 2 rings (SSSR count). The van der Waals surface area contributed by atoms with Crippen molar-refractivity contribution >= 4 is 23.2 Å². The quantitative estimate of drug-likeness (QED) is 0.751. The lowest BCUT2D eigenvalue weighted by atomic mass is 9.71. The van der Waals surface area contributed by atoms with Crippen molar-refractivity contribution in [2.45, 2.75) is 45.1 Å². The number of hydrogen-bond donors (Lipinski definition) is 3. The van der Waals surface area contributed by atoms with E-state index in [1.807, 2.05) is 0 Å². The maximum atomic E-state index is 12.2. The van der Waals surface area contributed by atoms with Crippen LogP contribution in [0.15, 0.2) is 18.2 Å². The number of carbonyl (C=O) groups excluding carboxylic acids is 1. The average molecular weight is 311 g/mol. The van der Waals surface area contributed by atoms with Crippen LogP contribution >= 0.6 is 11.6 Å². The minimum absolute atomic E-state index is 0.243. The van der Waals surface area contributed by atoms with Crippen molar-refractivity contribution in [3.05, 3.63) is 28.8 Å². The number of halogens is 1. The van der Waals surface area contributed by atoms with Crippen LogP contribution in [-0.2, 0) is 0 Å². The molecule has 21 heavy (non-hydrogen) atoms. The van der Waals surface area contributed by atoms with Crippen LogP contribution in [-0.4, -0.2) is 23.2 Å². The van der Waals surface area contributed by atoms with Gasteiger partial charge in [0.05, 0.1) is 16.2 Å². The number of hydrogen-bond acceptors (Lipinski definition) is 3. The minimum atomic E-state index is -0.821. The molecule has 0 heterocycles. The second-order valence-electron chi connectivity index (χ2n) is 6.81. The van der Waals surface area contributed by atoms with E-state index in [1.165, 1.54) is 0 Å². The first-order chi connectivity index (χ1) is 9.71. The molecule has 5 heteroatoms. The van der Waals surface area contributed by atoms with Gasteiger partial charge in [-0.25, -0.2) is 0 Å². The van der Waals surface area contributed by atoms with Gasteiger partial charge < -0.3 is 16.2 Å². The monoisotopic (exact) mass is 310 g/mol. The van der Waals surface area contributed by atoms with Gasteiger partial charge >= 0.3 is 0 Å². The van der Waals surface area contributed by atoms with Crippen LogP contribution in [0.4, 0.5) is 5.69 Å². The zero-order valence-electron chi connectivity index (χ0n) is 12.6. The highest BCUT2D eigenvalue weighted by Gasteiger charge is 2.36. The van der Waals surface area contributed by atoms with Crippen molar-refractivity contribution in [1.82, 2.24) is 5.32 Å². The molecule has 1 saturated carbocycles. The third kappa shape index (κ3) is 4.11. The summed E-state index contributed by atoms with van der Waals surface area (Å²) < 4.78 is 0. The molecule has 1 amide bonds. The molecule has 0 unspecified atom stereocenters. The van der Waals surface area contributed by atoms with Gasteiger partial charge in [0, 0.05) is 12.2 Å². The number of benzene rings is 1. The van der Waals surface area contributed by atoms with Gasteiger partial charge in [-0.3, -0.25) is 4.79 Å². The molecule has 0 atom stereocenters. The van der Waals surface area contributed by atoms with Gasteiger partial charge in [0.1, 0.15) is 0 Å². The molecule has 0 radical (unpaired) electrons. The number of anilines is 1. The van der Waals surface area contributed by atoms with Gasteiger partial charge in [-0.2, -0.15) is 0 Å². The van der Waals surface area contributed by atoms with E-state index < -0.39 is 5.60 Å². The maximum absolute atomic E-state index is 12.2. The van der Waals surface area contributed by atoms with Gasteiger partial charge in [-0.05, 0) is 49.3 Å². The zero-order chi connectivity index (χ0) is 15.7. The second kappa shape index (κ2) is 5.85. The van der Waals surface area contributed by atoms with Gasteiger partial charge in [-0.15, -0.1) is 0 Å². The van der Waals surface area contributed by atoms with Crippen LogP contribution < -0.4 is 11.1 Å². The third-order valence-corrected chi connectivity index (χ3v) is 4.68. The normalized spacial score (nSPS) is 20.0. The zero-order valence-corrected chi connectivity index (χ0v) is 13.3. The SMILES string of the molecule is CC1(C)CCC(O)(CNC(=O)c2cc(N)ccc2Cl)CC1. The average Bonchev–Trinajstić information content (AvgIpc) is 2.43. The topological polar surface area (TPSA) is 75.3 Å². The van der Waals surface area contributed by atoms with Crippen LogP contribution in [0.1, 0.15) is 49.9 Å². The summed E-state index contributed by atoms with van der Waals surface area (Å²) in [5, 5.41) is 13.7. The van der Waals surface area contributed by atoms with E-state index in [0.29, 0.717) is 29.1 Å². The van der Waals surface area contributed by atoms with E-state index in [2.05, 4.69) is 19.2 Å². The lowest BCUT2D eigenvalue weighted by molar-refractivity contribution is -0.0233. The largest absolute Gasteiger partial charge is 0.399 e. The van der Waals surface area contributed by atoms with Gasteiger partial charge in [0.15, 0.2) is 0 Å². The molecular formula is C16H23ClN2O2. The highest BCUT2D eigenvalue weighted by molar-refractivity contribution is 6.34. The predicted octanol–water partition coefficient (Wildman–Crippen LogP) is 2.98. The van der Waals surface area contributed by atoms with E-state index >= 15 is 0 Å². The lowest BCUT2D eigenvalue weighted by Crippen LogP contribution is -2.46. The Hall–Kier alpha value is -1.26. The van der Waals surface area contributed by atoms with E-state index in [1.54, 1.807) is 18.2 Å². The molecule has 4 N–H and O–H groups in total. The fourth-order valence-corrected chi connectivity index (χ4v) is 2.83. The Labute approximate surface area is 130 Å². The van der Waals surface area contributed by atoms with Crippen LogP contribution in [0.5, 0.6) is 0 Å². The van der Waals surface area contributed by atoms with Crippen molar-refractivity contribution in [3.63, 3.8) is 0 Å². The van der Waals surface area contributed by atoms with Crippen molar-refractivity contribution in [2.75, 3.05) is 12.3 Å². The van der Waals surface area contributed by atoms with Crippen molar-refractivity contribution in [1.29, 1.82) is 0 Å². The molecular weight excluding hydrogens is 288 g/mol. The Morgan fingerprint density at radius 1 is 1.33 bits per heavy atom. The molecule has 1 aliphatic rings. The highest BCUT2D eigenvalue weighted by Crippen LogP contribution is 2.39. The smallest absolute Gasteiger partial charge is 0.252 e. The fourth-order valence-electron chi connectivity index (χ4n) is 2.63. The van der Waals surface area contributed by atoms with Crippen LogP contribution in [0.3, 0.4) is 0 Å². The molecule has 4 nitrogen and oxygen atoms in total. The summed E-state index contributed by atoms with van der Waals surface area (Å²) in [6.45, 7) is 4.66. The van der Waals surface area contributed by atoms with Gasteiger partial charge in [0.2, 0.25) is 0 Å². The molecule has 1 fully saturated rings. The van der Waals surface area contributed by atoms with Gasteiger partial charge in [0.25, 0.3) is 5.91 Å². The molecule has 0 aliphatic heterocycles. The Morgan fingerprint density at radius 2 is 1.95 bits per heavy atom. The standard InChI is InChI=1S/C16H23ClN2O2/c1-15(2)5-7-16(21,8-6-15)10-19-14(20)12-9-11(18)3-4-13(12)17/h3-4,9,21H,5-8,10,18H2,1-2H3,(H,19,20). The third-order valence-electron chi connectivity index (χ3n) is 4.35. The number of amides is 1. The Balaban J connectivity index is 1.97. The summed E-state index contributed by atoms with van der Waals surface area (Å²) in [7, 11) is 0. The molecule has 1 aromatic rings. The van der Waals surface area contributed by atoms with Crippen LogP contribution in [0.25, 0.3) is 0 Å². The van der Waals surface area contributed by atoms with E-state index in [4.69, 9.17) is 17.3 Å². The molecule has 0 spiro atoms. The minimum Gasteiger partial charge on any atom is -0.399 e. The van der Waals surface area contributed by atoms with E-state index in [0.717, 1.165) is 12.8 Å². The molecule has 116 valence electrons. The van der Waals surface area contributed by atoms with Crippen molar-refractivity contribution in [2.24, 2.45) is 5.41 Å². The summed E-state index contributed by atoms with van der Waals surface area (Å²) in [4.78, 5) is 12.2. The molecule has 1 aromatic carbocycles. The number of nitrogens with one attached hydrogen (secondary N) is 1. The van der Waals surface area contributed by atoms with Crippen molar-refractivity contribution < 1.29 is 9.90 Å². The summed E-state index contributed by atoms with van der Waals surface area (Å²) in [5.41, 5.74) is 5.95. The first kappa shape index (κ1) is 16.1. The summed E-state index contributed by atoms with van der Waals surface area (Å²) >= 11 is 6.01. The molecule has 0 saturated heterocycles. The summed E-state index contributed by atoms with van der Waals surface area (Å²) in [6.07, 6.45) is 3.31. The first-order valence-electron chi connectivity index (χ1n) is 7.26. The number of carbonyl (C=O) groups is 1. The highest BCUT2D eigenvalue weighted by atomic mass is 35.5. The number of aliphatic hydroxyl groups is 1.